The van der Waals surface area contributed by atoms with Crippen LogP contribution in [0.15, 0.2) is 59.6 Å². The standard InChI is InChI=1S/C15H16FN3/c1-19(11-12-7-5-6-10-14(12)16)15(17)18-13-8-3-2-4-9-13/h2-10H,11H2,1H3,(H2,17,18). The molecule has 0 heterocycles. The average molecular weight is 257 g/mol. The van der Waals surface area contributed by atoms with Crippen LogP contribution in [0.2, 0.25) is 0 Å². The first-order valence-electron chi connectivity index (χ1n) is 6.00. The second-order valence-corrected chi connectivity index (χ2v) is 4.25. The summed E-state index contributed by atoms with van der Waals surface area (Å²) in [5.41, 5.74) is 7.27. The van der Waals surface area contributed by atoms with Crippen molar-refractivity contribution in [1.82, 2.24) is 4.90 Å². The number of hydrogen-bond donors (Lipinski definition) is 1. The number of rotatable bonds is 3. The van der Waals surface area contributed by atoms with Gasteiger partial charge < -0.3 is 10.6 Å². The van der Waals surface area contributed by atoms with Gasteiger partial charge in [-0.2, -0.15) is 0 Å². The van der Waals surface area contributed by atoms with Crippen LogP contribution in [0, 0.1) is 5.82 Å². The first-order chi connectivity index (χ1) is 9.16. The fraction of sp³-hybridized carbons (Fsp3) is 0.133. The van der Waals surface area contributed by atoms with Crippen molar-refractivity contribution in [1.29, 1.82) is 0 Å². The lowest BCUT2D eigenvalue weighted by atomic mass is 10.2. The van der Waals surface area contributed by atoms with Crippen LogP contribution >= 0.6 is 0 Å². The lowest BCUT2D eigenvalue weighted by Crippen LogP contribution is -2.33. The molecule has 0 radical (unpaired) electrons. The van der Waals surface area contributed by atoms with Gasteiger partial charge in [0, 0.05) is 19.2 Å². The van der Waals surface area contributed by atoms with Gasteiger partial charge in [0.15, 0.2) is 5.96 Å². The van der Waals surface area contributed by atoms with E-state index < -0.39 is 0 Å². The zero-order valence-electron chi connectivity index (χ0n) is 10.8. The second-order valence-electron chi connectivity index (χ2n) is 4.25. The van der Waals surface area contributed by atoms with Gasteiger partial charge in [0.25, 0.3) is 0 Å². The summed E-state index contributed by atoms with van der Waals surface area (Å²) in [6.07, 6.45) is 0. The number of nitrogens with zero attached hydrogens (tertiary/aromatic N) is 2. The maximum absolute atomic E-state index is 13.5. The quantitative estimate of drug-likeness (QED) is 0.678. The van der Waals surface area contributed by atoms with Crippen molar-refractivity contribution in [2.24, 2.45) is 10.7 Å². The van der Waals surface area contributed by atoms with E-state index >= 15 is 0 Å². The minimum atomic E-state index is -0.234. The fourth-order valence-electron chi connectivity index (χ4n) is 1.68. The summed E-state index contributed by atoms with van der Waals surface area (Å²) in [7, 11) is 1.79. The van der Waals surface area contributed by atoms with E-state index in [4.69, 9.17) is 5.73 Å². The highest BCUT2D eigenvalue weighted by atomic mass is 19.1. The number of nitrogens with two attached hydrogens (primary N) is 1. The number of hydrogen-bond acceptors (Lipinski definition) is 1. The fourth-order valence-corrected chi connectivity index (χ4v) is 1.68. The Kier molecular flexibility index (Phi) is 4.13. The zero-order chi connectivity index (χ0) is 13.7. The Morgan fingerprint density at radius 2 is 1.74 bits per heavy atom. The lowest BCUT2D eigenvalue weighted by Gasteiger charge is -2.18. The van der Waals surface area contributed by atoms with E-state index in [-0.39, 0.29) is 5.82 Å². The SMILES string of the molecule is CN(Cc1ccccc1F)C(N)=Nc1ccccc1. The van der Waals surface area contributed by atoms with Gasteiger partial charge >= 0.3 is 0 Å². The smallest absolute Gasteiger partial charge is 0.196 e. The molecule has 98 valence electrons. The summed E-state index contributed by atoms with van der Waals surface area (Å²) in [6, 6.07) is 16.1. The third kappa shape index (κ3) is 3.55. The molecule has 0 spiro atoms. The van der Waals surface area contributed by atoms with Crippen molar-refractivity contribution < 1.29 is 4.39 Å². The van der Waals surface area contributed by atoms with E-state index in [0.717, 1.165) is 5.69 Å². The molecule has 0 aliphatic carbocycles. The molecule has 3 nitrogen and oxygen atoms in total. The van der Waals surface area contributed by atoms with Crippen molar-refractivity contribution in [2.45, 2.75) is 6.54 Å². The number of aliphatic imine (C=N–C) groups is 1. The normalized spacial score (nSPS) is 11.4. The molecule has 0 atom stereocenters. The summed E-state index contributed by atoms with van der Waals surface area (Å²) < 4.78 is 13.5. The van der Waals surface area contributed by atoms with E-state index in [1.54, 1.807) is 30.1 Å². The van der Waals surface area contributed by atoms with E-state index in [2.05, 4.69) is 4.99 Å². The van der Waals surface area contributed by atoms with Crippen LogP contribution in [-0.4, -0.2) is 17.9 Å². The highest BCUT2D eigenvalue weighted by Crippen LogP contribution is 2.12. The topological polar surface area (TPSA) is 41.6 Å². The maximum Gasteiger partial charge on any atom is 0.196 e. The summed E-state index contributed by atoms with van der Waals surface area (Å²) >= 11 is 0. The summed E-state index contributed by atoms with van der Waals surface area (Å²) in [5, 5.41) is 0. The van der Waals surface area contributed by atoms with Crippen LogP contribution in [0.25, 0.3) is 0 Å². The molecular weight excluding hydrogens is 241 g/mol. The van der Waals surface area contributed by atoms with Crippen LogP contribution in [0.3, 0.4) is 0 Å². The van der Waals surface area contributed by atoms with Crippen molar-refractivity contribution in [3.63, 3.8) is 0 Å². The van der Waals surface area contributed by atoms with Gasteiger partial charge in [-0.1, -0.05) is 36.4 Å². The zero-order valence-corrected chi connectivity index (χ0v) is 10.8. The summed E-state index contributed by atoms with van der Waals surface area (Å²) in [4.78, 5) is 6.00. The van der Waals surface area contributed by atoms with Gasteiger partial charge in [-0.05, 0) is 18.2 Å². The maximum atomic E-state index is 13.5. The molecule has 2 aromatic rings. The van der Waals surface area contributed by atoms with E-state index in [1.807, 2.05) is 30.3 Å². The van der Waals surface area contributed by atoms with Gasteiger partial charge in [0.1, 0.15) is 5.82 Å². The average Bonchev–Trinajstić information content (AvgIpc) is 2.42. The highest BCUT2D eigenvalue weighted by Gasteiger charge is 2.06. The van der Waals surface area contributed by atoms with Gasteiger partial charge in [-0.15, -0.1) is 0 Å². The van der Waals surface area contributed by atoms with Crippen molar-refractivity contribution in [2.75, 3.05) is 7.05 Å². The Hall–Kier alpha value is -2.36. The van der Waals surface area contributed by atoms with Crippen LogP contribution in [0.5, 0.6) is 0 Å². The molecule has 0 unspecified atom stereocenters. The van der Waals surface area contributed by atoms with Crippen molar-refractivity contribution in [3.8, 4) is 0 Å². The third-order valence-electron chi connectivity index (χ3n) is 2.76. The molecule has 0 saturated heterocycles. The van der Waals surface area contributed by atoms with Crippen LogP contribution in [0.4, 0.5) is 10.1 Å². The summed E-state index contributed by atoms with van der Waals surface area (Å²) in [5.74, 6) is 0.122. The first kappa shape index (κ1) is 13.1. The number of para-hydroxylation sites is 1. The Bertz CT molecular complexity index is 567. The molecule has 0 aliphatic rings. The molecule has 19 heavy (non-hydrogen) atoms. The second kappa shape index (κ2) is 6.00. The Morgan fingerprint density at radius 1 is 1.11 bits per heavy atom. The molecule has 0 bridgehead atoms. The van der Waals surface area contributed by atoms with Crippen molar-refractivity contribution in [3.05, 3.63) is 66.0 Å². The summed E-state index contributed by atoms with van der Waals surface area (Å²) in [6.45, 7) is 0.384. The van der Waals surface area contributed by atoms with E-state index in [9.17, 15) is 4.39 Å². The predicted octanol–water partition coefficient (Wildman–Crippen LogP) is 2.90. The minimum absolute atomic E-state index is 0.234. The number of benzene rings is 2. The van der Waals surface area contributed by atoms with Gasteiger partial charge in [-0.3, -0.25) is 0 Å². The Labute approximate surface area is 112 Å². The molecule has 2 N–H and O–H groups in total. The predicted molar refractivity (Wildman–Crippen MR) is 75.6 cm³/mol. The molecule has 2 rings (SSSR count). The monoisotopic (exact) mass is 257 g/mol. The highest BCUT2D eigenvalue weighted by molar-refractivity contribution is 5.80. The molecule has 0 amide bonds. The molecular formula is C15H16FN3. The molecule has 2 aromatic carbocycles. The van der Waals surface area contributed by atoms with Crippen LogP contribution in [-0.2, 0) is 6.54 Å². The minimum Gasteiger partial charge on any atom is -0.369 e. The van der Waals surface area contributed by atoms with Gasteiger partial charge in [0.2, 0.25) is 0 Å². The van der Waals surface area contributed by atoms with Gasteiger partial charge in [-0.25, -0.2) is 9.38 Å². The van der Waals surface area contributed by atoms with E-state index in [1.165, 1.54) is 6.07 Å². The van der Waals surface area contributed by atoms with Crippen molar-refractivity contribution >= 4 is 11.6 Å². The molecule has 4 heteroatoms. The van der Waals surface area contributed by atoms with E-state index in [0.29, 0.717) is 18.1 Å². The molecule has 0 saturated carbocycles. The first-order valence-corrected chi connectivity index (χ1v) is 6.00. The Morgan fingerprint density at radius 3 is 2.42 bits per heavy atom. The molecule has 0 aliphatic heterocycles. The van der Waals surface area contributed by atoms with Crippen LogP contribution in [0.1, 0.15) is 5.56 Å². The van der Waals surface area contributed by atoms with Gasteiger partial charge in [0.05, 0.1) is 5.69 Å². The Balaban J connectivity index is 2.10. The lowest BCUT2D eigenvalue weighted by molar-refractivity contribution is 0.475. The number of guanidine groups is 1. The largest absolute Gasteiger partial charge is 0.369 e. The number of halogens is 1. The molecule has 0 aromatic heterocycles. The van der Waals surface area contributed by atoms with Crippen LogP contribution < -0.4 is 5.73 Å². The molecule has 0 fully saturated rings. The third-order valence-corrected chi connectivity index (χ3v) is 2.76.